The van der Waals surface area contributed by atoms with E-state index < -0.39 is 0 Å². The van der Waals surface area contributed by atoms with Gasteiger partial charge in [0.1, 0.15) is 11.6 Å². The van der Waals surface area contributed by atoms with Crippen molar-refractivity contribution in [2.45, 2.75) is 51.5 Å². The van der Waals surface area contributed by atoms with Crippen LogP contribution in [0, 0.1) is 23.5 Å². The molecule has 1 N–H and O–H groups in total. The molecule has 0 aromatic heterocycles. The van der Waals surface area contributed by atoms with Crippen molar-refractivity contribution in [1.82, 2.24) is 5.32 Å². The number of hydrogen-bond donors (Lipinski definition) is 1. The highest BCUT2D eigenvalue weighted by Gasteiger charge is 2.26. The monoisotopic (exact) mass is 281 g/mol. The summed E-state index contributed by atoms with van der Waals surface area (Å²) in [6.45, 7) is 2.25. The van der Waals surface area contributed by atoms with E-state index in [9.17, 15) is 8.78 Å². The molecule has 0 amide bonds. The van der Waals surface area contributed by atoms with Crippen LogP contribution in [-0.4, -0.2) is 13.1 Å². The SMILES string of the molecule is CCC1CCC(C(Cc2cc(F)ccc2F)NC)CC1. The maximum absolute atomic E-state index is 13.8. The van der Waals surface area contributed by atoms with Gasteiger partial charge < -0.3 is 5.32 Å². The Labute approximate surface area is 120 Å². The van der Waals surface area contributed by atoms with Crippen molar-refractivity contribution in [3.8, 4) is 0 Å². The second-order valence-corrected chi connectivity index (χ2v) is 6.02. The van der Waals surface area contributed by atoms with Crippen molar-refractivity contribution < 1.29 is 8.78 Å². The van der Waals surface area contributed by atoms with Crippen LogP contribution in [0.3, 0.4) is 0 Å². The summed E-state index contributed by atoms with van der Waals surface area (Å²) in [6.07, 6.45) is 6.76. The summed E-state index contributed by atoms with van der Waals surface area (Å²) in [5.74, 6) is 0.778. The topological polar surface area (TPSA) is 12.0 Å². The quantitative estimate of drug-likeness (QED) is 0.848. The van der Waals surface area contributed by atoms with E-state index in [4.69, 9.17) is 0 Å². The number of likely N-dealkylation sites (N-methyl/N-ethyl adjacent to an activating group) is 1. The predicted octanol–water partition coefficient (Wildman–Crippen LogP) is 4.31. The summed E-state index contributed by atoms with van der Waals surface area (Å²) in [5.41, 5.74) is 0.488. The number of benzene rings is 1. The minimum Gasteiger partial charge on any atom is -0.316 e. The lowest BCUT2D eigenvalue weighted by Gasteiger charge is -2.33. The second-order valence-electron chi connectivity index (χ2n) is 6.02. The van der Waals surface area contributed by atoms with Gasteiger partial charge in [0.15, 0.2) is 0 Å². The minimum absolute atomic E-state index is 0.240. The highest BCUT2D eigenvalue weighted by Crippen LogP contribution is 2.33. The Kier molecular flexibility index (Phi) is 5.53. The molecule has 1 atom stereocenters. The fourth-order valence-electron chi connectivity index (χ4n) is 3.44. The molecule has 1 aliphatic carbocycles. The fourth-order valence-corrected chi connectivity index (χ4v) is 3.44. The number of halogens is 2. The highest BCUT2D eigenvalue weighted by molar-refractivity contribution is 5.20. The Morgan fingerprint density at radius 1 is 1.20 bits per heavy atom. The molecule has 0 aliphatic heterocycles. The number of hydrogen-bond acceptors (Lipinski definition) is 1. The van der Waals surface area contributed by atoms with Crippen molar-refractivity contribution in [2.75, 3.05) is 7.05 Å². The maximum atomic E-state index is 13.8. The van der Waals surface area contributed by atoms with Gasteiger partial charge in [-0.25, -0.2) is 8.78 Å². The zero-order chi connectivity index (χ0) is 14.5. The van der Waals surface area contributed by atoms with Crippen molar-refractivity contribution in [1.29, 1.82) is 0 Å². The van der Waals surface area contributed by atoms with Gasteiger partial charge in [-0.3, -0.25) is 0 Å². The zero-order valence-corrected chi connectivity index (χ0v) is 12.5. The van der Waals surface area contributed by atoms with Gasteiger partial charge >= 0.3 is 0 Å². The summed E-state index contributed by atoms with van der Waals surface area (Å²) >= 11 is 0. The highest BCUT2D eigenvalue weighted by atomic mass is 19.1. The first kappa shape index (κ1) is 15.4. The second kappa shape index (κ2) is 7.16. The normalized spacial score (nSPS) is 24.6. The van der Waals surface area contributed by atoms with Gasteiger partial charge in [-0.1, -0.05) is 26.2 Å². The molecular weight excluding hydrogens is 256 g/mol. The molecule has 1 aromatic rings. The van der Waals surface area contributed by atoms with Crippen molar-refractivity contribution in [2.24, 2.45) is 11.8 Å². The van der Waals surface area contributed by atoms with Crippen LogP contribution in [0.5, 0.6) is 0 Å². The Balaban J connectivity index is 2.00. The molecule has 112 valence electrons. The van der Waals surface area contributed by atoms with E-state index in [0.717, 1.165) is 5.92 Å². The Hall–Kier alpha value is -0.960. The molecule has 1 fully saturated rings. The van der Waals surface area contributed by atoms with Crippen LogP contribution >= 0.6 is 0 Å². The van der Waals surface area contributed by atoms with E-state index in [1.165, 1.54) is 50.3 Å². The van der Waals surface area contributed by atoms with E-state index in [2.05, 4.69) is 12.2 Å². The van der Waals surface area contributed by atoms with Crippen LogP contribution in [0.4, 0.5) is 8.78 Å². The molecule has 1 unspecified atom stereocenters. The molecular formula is C17H25F2N. The summed E-state index contributed by atoms with van der Waals surface area (Å²) in [7, 11) is 1.92. The lowest BCUT2D eigenvalue weighted by molar-refractivity contribution is 0.221. The molecule has 0 bridgehead atoms. The summed E-state index contributed by atoms with van der Waals surface area (Å²) in [5, 5.41) is 3.31. The summed E-state index contributed by atoms with van der Waals surface area (Å²) in [6, 6.07) is 3.98. The third-order valence-corrected chi connectivity index (χ3v) is 4.86. The van der Waals surface area contributed by atoms with Crippen LogP contribution in [0.15, 0.2) is 18.2 Å². The first-order chi connectivity index (χ1) is 9.63. The van der Waals surface area contributed by atoms with Gasteiger partial charge in [0.25, 0.3) is 0 Å². The predicted molar refractivity (Wildman–Crippen MR) is 78.6 cm³/mol. The smallest absolute Gasteiger partial charge is 0.126 e. The first-order valence-corrected chi connectivity index (χ1v) is 7.75. The standard InChI is InChI=1S/C17H25F2N/c1-3-12-4-6-13(7-5-12)17(20-2)11-14-10-15(18)8-9-16(14)19/h8-10,12-13,17,20H,3-7,11H2,1-2H3. The Morgan fingerprint density at radius 2 is 1.90 bits per heavy atom. The van der Waals surface area contributed by atoms with Gasteiger partial charge in [0.05, 0.1) is 0 Å². The van der Waals surface area contributed by atoms with E-state index >= 15 is 0 Å². The van der Waals surface area contributed by atoms with E-state index in [1.54, 1.807) is 0 Å². The van der Waals surface area contributed by atoms with Gasteiger partial charge in [-0.05, 0) is 61.9 Å². The molecule has 3 heteroatoms. The van der Waals surface area contributed by atoms with Crippen molar-refractivity contribution >= 4 is 0 Å². The van der Waals surface area contributed by atoms with Crippen LogP contribution < -0.4 is 5.32 Å². The number of rotatable bonds is 5. The van der Waals surface area contributed by atoms with Crippen molar-refractivity contribution in [3.05, 3.63) is 35.4 Å². The molecule has 0 saturated heterocycles. The van der Waals surface area contributed by atoms with Crippen molar-refractivity contribution in [3.63, 3.8) is 0 Å². The first-order valence-electron chi connectivity index (χ1n) is 7.75. The van der Waals surface area contributed by atoms with Crippen LogP contribution in [0.1, 0.15) is 44.6 Å². The molecule has 1 aromatic carbocycles. The largest absolute Gasteiger partial charge is 0.316 e. The third kappa shape index (κ3) is 3.78. The number of nitrogens with one attached hydrogen (secondary N) is 1. The van der Waals surface area contributed by atoms with Crippen LogP contribution in [0.25, 0.3) is 0 Å². The Bertz CT molecular complexity index is 425. The summed E-state index contributed by atoms with van der Waals surface area (Å²) in [4.78, 5) is 0. The van der Waals surface area contributed by atoms with Crippen LogP contribution in [0.2, 0.25) is 0 Å². The van der Waals surface area contributed by atoms with Gasteiger partial charge in [-0.2, -0.15) is 0 Å². The summed E-state index contributed by atoms with van der Waals surface area (Å²) < 4.78 is 27.0. The molecule has 20 heavy (non-hydrogen) atoms. The van der Waals surface area contributed by atoms with E-state index in [1.807, 2.05) is 7.05 Å². The lowest BCUT2D eigenvalue weighted by atomic mass is 9.76. The van der Waals surface area contributed by atoms with Gasteiger partial charge in [0.2, 0.25) is 0 Å². The zero-order valence-electron chi connectivity index (χ0n) is 12.5. The third-order valence-electron chi connectivity index (χ3n) is 4.86. The van der Waals surface area contributed by atoms with E-state index in [0.29, 0.717) is 17.9 Å². The fraction of sp³-hybridized carbons (Fsp3) is 0.647. The molecule has 1 nitrogen and oxygen atoms in total. The molecule has 1 saturated carbocycles. The molecule has 0 spiro atoms. The molecule has 0 radical (unpaired) electrons. The minimum atomic E-state index is -0.356. The molecule has 2 rings (SSSR count). The average molecular weight is 281 g/mol. The van der Waals surface area contributed by atoms with Gasteiger partial charge in [-0.15, -0.1) is 0 Å². The van der Waals surface area contributed by atoms with E-state index in [-0.39, 0.29) is 17.7 Å². The average Bonchev–Trinajstić information content (AvgIpc) is 2.48. The molecule has 1 aliphatic rings. The lowest BCUT2D eigenvalue weighted by Crippen LogP contribution is -2.37. The maximum Gasteiger partial charge on any atom is 0.126 e. The van der Waals surface area contributed by atoms with Crippen LogP contribution in [-0.2, 0) is 6.42 Å². The molecule has 0 heterocycles. The Morgan fingerprint density at radius 3 is 2.50 bits per heavy atom. The van der Waals surface area contributed by atoms with Gasteiger partial charge in [0, 0.05) is 6.04 Å².